The first-order valence-corrected chi connectivity index (χ1v) is 7.13. The maximum Gasteiger partial charge on any atom is 0.325 e. The average molecular weight is 269 g/mol. The van der Waals surface area contributed by atoms with Gasteiger partial charge < -0.3 is 15.0 Å². The second-order valence-corrected chi connectivity index (χ2v) is 5.10. The van der Waals surface area contributed by atoms with Crippen LogP contribution in [0, 0.1) is 0 Å². The molecule has 2 amide bonds. The van der Waals surface area contributed by atoms with Crippen LogP contribution in [0.15, 0.2) is 0 Å². The number of nitrogens with zero attached hydrogens (tertiary/aromatic N) is 2. The van der Waals surface area contributed by atoms with Gasteiger partial charge in [0, 0.05) is 25.7 Å². The Balaban J connectivity index is 1.79. The van der Waals surface area contributed by atoms with Crippen LogP contribution in [0.25, 0.3) is 0 Å². The summed E-state index contributed by atoms with van der Waals surface area (Å²) in [5.41, 5.74) is 0. The molecule has 0 aromatic rings. The van der Waals surface area contributed by atoms with Crippen molar-refractivity contribution in [2.75, 3.05) is 39.3 Å². The predicted octanol–water partition coefficient (Wildman–Crippen LogP) is 0.429. The highest BCUT2D eigenvalue weighted by molar-refractivity contribution is 5.80. The van der Waals surface area contributed by atoms with Gasteiger partial charge in [0.05, 0.1) is 6.61 Å². The van der Waals surface area contributed by atoms with E-state index in [2.05, 4.69) is 10.2 Å². The quantitative estimate of drug-likeness (QED) is 0.755. The number of nitrogens with one attached hydrogen (secondary N) is 1. The Hall–Kier alpha value is -1.30. The van der Waals surface area contributed by atoms with Gasteiger partial charge in [0.15, 0.2) is 0 Å². The molecule has 0 aromatic heterocycles. The largest absolute Gasteiger partial charge is 0.465 e. The van der Waals surface area contributed by atoms with Gasteiger partial charge in [-0.2, -0.15) is 0 Å². The summed E-state index contributed by atoms with van der Waals surface area (Å²) in [5.74, 6) is -0.381. The van der Waals surface area contributed by atoms with Crippen molar-refractivity contribution in [2.45, 2.75) is 32.2 Å². The third-order valence-corrected chi connectivity index (χ3v) is 3.78. The van der Waals surface area contributed by atoms with E-state index in [-0.39, 0.29) is 18.5 Å². The molecule has 1 atom stereocenters. The summed E-state index contributed by atoms with van der Waals surface area (Å²) in [5, 5.41) is 2.64. The van der Waals surface area contributed by atoms with Crippen LogP contribution in [0.3, 0.4) is 0 Å². The first kappa shape index (κ1) is 14.1. The van der Waals surface area contributed by atoms with Crippen molar-refractivity contribution in [1.29, 1.82) is 0 Å². The Morgan fingerprint density at radius 3 is 2.84 bits per heavy atom. The highest BCUT2D eigenvalue weighted by Crippen LogP contribution is 2.21. The number of ether oxygens (including phenoxy) is 1. The number of fused-ring (bicyclic) bond motifs is 1. The van der Waals surface area contributed by atoms with E-state index in [1.165, 1.54) is 12.8 Å². The minimum Gasteiger partial charge on any atom is -0.465 e. The Kier molecular flexibility index (Phi) is 5.01. The van der Waals surface area contributed by atoms with Crippen LogP contribution in [-0.4, -0.2) is 67.2 Å². The first-order chi connectivity index (χ1) is 9.20. The van der Waals surface area contributed by atoms with Gasteiger partial charge in [-0.1, -0.05) is 0 Å². The van der Waals surface area contributed by atoms with E-state index in [4.69, 9.17) is 4.74 Å². The molecule has 6 heteroatoms. The molecular weight excluding hydrogens is 246 g/mol. The van der Waals surface area contributed by atoms with E-state index in [1.807, 2.05) is 4.90 Å². The number of amides is 2. The van der Waals surface area contributed by atoms with Crippen LogP contribution in [0.4, 0.5) is 4.79 Å². The lowest BCUT2D eigenvalue weighted by Gasteiger charge is -2.25. The van der Waals surface area contributed by atoms with Gasteiger partial charge in [-0.15, -0.1) is 0 Å². The minimum absolute atomic E-state index is 0.0441. The fourth-order valence-corrected chi connectivity index (χ4v) is 2.86. The Bertz CT molecular complexity index is 335. The fraction of sp³-hybridized carbons (Fsp3) is 0.846. The fourth-order valence-electron chi connectivity index (χ4n) is 2.86. The molecule has 6 nitrogen and oxygen atoms in total. The summed E-state index contributed by atoms with van der Waals surface area (Å²) in [6.07, 6.45) is 3.40. The smallest absolute Gasteiger partial charge is 0.325 e. The molecule has 2 saturated heterocycles. The van der Waals surface area contributed by atoms with Crippen molar-refractivity contribution in [2.24, 2.45) is 0 Å². The Morgan fingerprint density at radius 2 is 2.05 bits per heavy atom. The van der Waals surface area contributed by atoms with Crippen LogP contribution < -0.4 is 5.32 Å². The number of urea groups is 1. The number of carbonyl (C=O) groups excluding carboxylic acids is 2. The standard InChI is InChI=1S/C13H23N3O3/c1-2-19-12(17)9-14-13(18)16-8-4-7-15-6-3-5-11(15)10-16/h11H,2-10H2,1H3,(H,14,18). The lowest BCUT2D eigenvalue weighted by Crippen LogP contribution is -2.46. The van der Waals surface area contributed by atoms with Crippen LogP contribution in [0.5, 0.6) is 0 Å². The van der Waals surface area contributed by atoms with Gasteiger partial charge in [0.25, 0.3) is 0 Å². The number of hydrogen-bond donors (Lipinski definition) is 1. The zero-order valence-corrected chi connectivity index (χ0v) is 11.6. The molecule has 0 saturated carbocycles. The third-order valence-electron chi connectivity index (χ3n) is 3.78. The van der Waals surface area contributed by atoms with Crippen molar-refractivity contribution in [1.82, 2.24) is 15.1 Å². The van der Waals surface area contributed by atoms with Gasteiger partial charge in [-0.25, -0.2) is 4.79 Å². The zero-order chi connectivity index (χ0) is 13.7. The summed E-state index contributed by atoms with van der Waals surface area (Å²) in [4.78, 5) is 27.6. The van der Waals surface area contributed by atoms with E-state index in [0.29, 0.717) is 12.6 Å². The molecule has 2 rings (SSSR count). The van der Waals surface area contributed by atoms with E-state index < -0.39 is 0 Å². The summed E-state index contributed by atoms with van der Waals surface area (Å²) in [6, 6.07) is 0.345. The molecule has 0 bridgehead atoms. The predicted molar refractivity (Wildman–Crippen MR) is 70.8 cm³/mol. The molecule has 2 fully saturated rings. The molecule has 0 spiro atoms. The number of hydrogen-bond acceptors (Lipinski definition) is 4. The maximum absolute atomic E-state index is 12.0. The zero-order valence-electron chi connectivity index (χ0n) is 11.6. The van der Waals surface area contributed by atoms with Gasteiger partial charge in [0.2, 0.25) is 0 Å². The molecule has 2 heterocycles. The van der Waals surface area contributed by atoms with Crippen molar-refractivity contribution in [3.63, 3.8) is 0 Å². The lowest BCUT2D eigenvalue weighted by molar-refractivity contribution is -0.141. The molecule has 108 valence electrons. The molecule has 0 radical (unpaired) electrons. The molecule has 19 heavy (non-hydrogen) atoms. The van der Waals surface area contributed by atoms with Crippen LogP contribution >= 0.6 is 0 Å². The van der Waals surface area contributed by atoms with E-state index >= 15 is 0 Å². The first-order valence-electron chi connectivity index (χ1n) is 7.13. The summed E-state index contributed by atoms with van der Waals surface area (Å²) < 4.78 is 4.79. The van der Waals surface area contributed by atoms with Crippen LogP contribution in [-0.2, 0) is 9.53 Å². The molecule has 0 aliphatic carbocycles. The summed E-state index contributed by atoms with van der Waals surface area (Å²) >= 11 is 0. The molecule has 2 aliphatic heterocycles. The number of rotatable bonds is 3. The molecular formula is C13H23N3O3. The second kappa shape index (κ2) is 6.75. The molecule has 1 N–H and O–H groups in total. The van der Waals surface area contributed by atoms with Crippen molar-refractivity contribution >= 4 is 12.0 Å². The molecule has 2 aliphatic rings. The average Bonchev–Trinajstić information content (AvgIpc) is 2.73. The van der Waals surface area contributed by atoms with Gasteiger partial charge in [-0.05, 0) is 32.7 Å². The Morgan fingerprint density at radius 1 is 1.26 bits per heavy atom. The SMILES string of the molecule is CCOC(=O)CNC(=O)N1CCCN2CCCC2C1. The van der Waals surface area contributed by atoms with E-state index in [0.717, 1.165) is 32.6 Å². The van der Waals surface area contributed by atoms with Crippen LogP contribution in [0.2, 0.25) is 0 Å². The van der Waals surface area contributed by atoms with E-state index in [1.54, 1.807) is 6.92 Å². The van der Waals surface area contributed by atoms with Gasteiger partial charge >= 0.3 is 12.0 Å². The monoisotopic (exact) mass is 269 g/mol. The minimum atomic E-state index is -0.381. The van der Waals surface area contributed by atoms with Crippen LogP contribution in [0.1, 0.15) is 26.2 Å². The highest BCUT2D eigenvalue weighted by atomic mass is 16.5. The number of carbonyl (C=O) groups is 2. The van der Waals surface area contributed by atoms with Crippen molar-refractivity contribution in [3.8, 4) is 0 Å². The van der Waals surface area contributed by atoms with E-state index in [9.17, 15) is 9.59 Å². The normalized spacial score (nSPS) is 23.6. The summed E-state index contributed by atoms with van der Waals surface area (Å²) in [6.45, 7) is 5.82. The van der Waals surface area contributed by atoms with Crippen molar-refractivity contribution in [3.05, 3.63) is 0 Å². The highest BCUT2D eigenvalue weighted by Gasteiger charge is 2.30. The second-order valence-electron chi connectivity index (χ2n) is 5.10. The maximum atomic E-state index is 12.0. The Labute approximate surface area is 114 Å². The number of esters is 1. The van der Waals surface area contributed by atoms with Gasteiger partial charge in [-0.3, -0.25) is 9.69 Å². The van der Waals surface area contributed by atoms with Crippen molar-refractivity contribution < 1.29 is 14.3 Å². The van der Waals surface area contributed by atoms with Gasteiger partial charge in [0.1, 0.15) is 6.54 Å². The molecule has 1 unspecified atom stereocenters. The topological polar surface area (TPSA) is 61.9 Å². The lowest BCUT2D eigenvalue weighted by atomic mass is 10.2. The third kappa shape index (κ3) is 3.83. The summed E-state index contributed by atoms with van der Waals surface area (Å²) in [7, 11) is 0. The molecule has 0 aromatic carbocycles.